The minimum atomic E-state index is -0.907. The summed E-state index contributed by atoms with van der Waals surface area (Å²) in [5, 5.41) is 9.03. The summed E-state index contributed by atoms with van der Waals surface area (Å²) in [5.41, 5.74) is 0. The van der Waals surface area contributed by atoms with Crippen molar-refractivity contribution in [2.24, 2.45) is 0 Å². The summed E-state index contributed by atoms with van der Waals surface area (Å²) in [7, 11) is 0. The lowest BCUT2D eigenvalue weighted by Crippen LogP contribution is -2.49. The van der Waals surface area contributed by atoms with Gasteiger partial charge in [0.25, 0.3) is 0 Å². The molecule has 0 aromatic rings. The van der Waals surface area contributed by atoms with Crippen molar-refractivity contribution < 1.29 is 14.7 Å². The van der Waals surface area contributed by atoms with E-state index in [-0.39, 0.29) is 18.6 Å². The van der Waals surface area contributed by atoms with Crippen molar-refractivity contribution in [1.82, 2.24) is 9.80 Å². The predicted octanol–water partition coefficient (Wildman–Crippen LogP) is 2.31. The summed E-state index contributed by atoms with van der Waals surface area (Å²) in [5.74, 6) is -0.907. The highest BCUT2D eigenvalue weighted by atomic mass is 16.4. The van der Waals surface area contributed by atoms with Crippen LogP contribution >= 0.6 is 0 Å². The standard InChI is InChI=1S/C14H24N2O3/c17-13(18)11-16(12-7-3-4-8-12)14(19)15-9-5-1-2-6-10-15/h12H,1-11H2,(H,17,18). The van der Waals surface area contributed by atoms with Crippen LogP contribution in [0.1, 0.15) is 51.4 Å². The van der Waals surface area contributed by atoms with Crippen molar-refractivity contribution in [3.05, 3.63) is 0 Å². The van der Waals surface area contributed by atoms with Gasteiger partial charge in [0.15, 0.2) is 0 Å². The Morgan fingerprint density at radius 3 is 2.11 bits per heavy atom. The fourth-order valence-electron chi connectivity index (χ4n) is 3.16. The molecule has 5 nitrogen and oxygen atoms in total. The number of carbonyl (C=O) groups excluding carboxylic acids is 1. The Morgan fingerprint density at radius 1 is 1.00 bits per heavy atom. The molecule has 5 heteroatoms. The first-order valence-electron chi connectivity index (χ1n) is 7.46. The lowest BCUT2D eigenvalue weighted by Gasteiger charge is -2.33. The van der Waals surface area contributed by atoms with Gasteiger partial charge in [0.05, 0.1) is 0 Å². The van der Waals surface area contributed by atoms with Crippen molar-refractivity contribution >= 4 is 12.0 Å². The van der Waals surface area contributed by atoms with Crippen molar-refractivity contribution in [3.63, 3.8) is 0 Å². The lowest BCUT2D eigenvalue weighted by atomic mass is 10.2. The van der Waals surface area contributed by atoms with E-state index in [0.29, 0.717) is 0 Å². The number of amides is 2. The largest absolute Gasteiger partial charge is 0.480 e. The normalized spacial score (nSPS) is 21.2. The highest BCUT2D eigenvalue weighted by Crippen LogP contribution is 2.25. The summed E-state index contributed by atoms with van der Waals surface area (Å²) < 4.78 is 0. The number of rotatable bonds is 3. The summed E-state index contributed by atoms with van der Waals surface area (Å²) in [6.45, 7) is 1.41. The average Bonchev–Trinajstić information content (AvgIpc) is 2.77. The Balaban J connectivity index is 2.02. The number of urea groups is 1. The van der Waals surface area contributed by atoms with Crippen LogP contribution in [0.25, 0.3) is 0 Å². The molecule has 108 valence electrons. The average molecular weight is 268 g/mol. The zero-order valence-electron chi connectivity index (χ0n) is 11.5. The van der Waals surface area contributed by atoms with E-state index in [4.69, 9.17) is 5.11 Å². The Kier molecular flexibility index (Phi) is 5.05. The van der Waals surface area contributed by atoms with E-state index in [0.717, 1.165) is 51.6 Å². The molecule has 1 aliphatic carbocycles. The van der Waals surface area contributed by atoms with E-state index in [1.165, 1.54) is 12.8 Å². The monoisotopic (exact) mass is 268 g/mol. The van der Waals surface area contributed by atoms with Crippen molar-refractivity contribution in [3.8, 4) is 0 Å². The van der Waals surface area contributed by atoms with Crippen molar-refractivity contribution in [2.45, 2.75) is 57.4 Å². The number of nitrogens with zero attached hydrogens (tertiary/aromatic N) is 2. The first-order valence-corrected chi connectivity index (χ1v) is 7.46. The smallest absolute Gasteiger partial charge is 0.323 e. The third-order valence-electron chi connectivity index (χ3n) is 4.19. The molecule has 2 amide bonds. The second kappa shape index (κ2) is 6.78. The van der Waals surface area contributed by atoms with Crippen LogP contribution < -0.4 is 0 Å². The molecule has 2 aliphatic rings. The number of likely N-dealkylation sites (tertiary alicyclic amines) is 1. The maximum Gasteiger partial charge on any atom is 0.323 e. The van der Waals surface area contributed by atoms with Crippen LogP contribution in [-0.4, -0.2) is 52.6 Å². The molecule has 19 heavy (non-hydrogen) atoms. The quantitative estimate of drug-likeness (QED) is 0.854. The molecule has 1 aliphatic heterocycles. The molecule has 1 N–H and O–H groups in total. The molecule has 1 saturated heterocycles. The topological polar surface area (TPSA) is 60.9 Å². The van der Waals surface area contributed by atoms with E-state index in [9.17, 15) is 9.59 Å². The van der Waals surface area contributed by atoms with Gasteiger partial charge in [-0.3, -0.25) is 4.79 Å². The molecule has 0 radical (unpaired) electrons. The van der Waals surface area contributed by atoms with Crippen LogP contribution in [0, 0.1) is 0 Å². The Hall–Kier alpha value is -1.26. The van der Waals surface area contributed by atoms with E-state index < -0.39 is 5.97 Å². The van der Waals surface area contributed by atoms with Gasteiger partial charge in [-0.25, -0.2) is 4.79 Å². The van der Waals surface area contributed by atoms with E-state index in [1.807, 2.05) is 4.90 Å². The van der Waals surface area contributed by atoms with E-state index in [2.05, 4.69) is 0 Å². The number of hydrogen-bond donors (Lipinski definition) is 1. The van der Waals surface area contributed by atoms with Crippen molar-refractivity contribution in [2.75, 3.05) is 19.6 Å². The number of carbonyl (C=O) groups is 2. The van der Waals surface area contributed by atoms with Gasteiger partial charge in [0, 0.05) is 19.1 Å². The maximum atomic E-state index is 12.6. The second-order valence-electron chi connectivity index (χ2n) is 5.64. The molecule has 0 bridgehead atoms. The summed E-state index contributed by atoms with van der Waals surface area (Å²) in [6, 6.07) is 0.0723. The van der Waals surface area contributed by atoms with Gasteiger partial charge in [-0.05, 0) is 25.7 Å². The van der Waals surface area contributed by atoms with Gasteiger partial charge in [-0.1, -0.05) is 25.7 Å². The van der Waals surface area contributed by atoms with Crippen LogP contribution in [0.2, 0.25) is 0 Å². The third kappa shape index (κ3) is 3.85. The summed E-state index contributed by atoms with van der Waals surface area (Å²) in [4.78, 5) is 27.0. The Morgan fingerprint density at radius 2 is 1.58 bits per heavy atom. The lowest BCUT2D eigenvalue weighted by molar-refractivity contribution is -0.138. The SMILES string of the molecule is O=C(O)CN(C(=O)N1CCCCCC1)C1CCCC1. The first-order chi connectivity index (χ1) is 9.18. The highest BCUT2D eigenvalue weighted by Gasteiger charge is 2.31. The van der Waals surface area contributed by atoms with E-state index in [1.54, 1.807) is 4.90 Å². The Labute approximate surface area is 114 Å². The third-order valence-corrected chi connectivity index (χ3v) is 4.19. The zero-order chi connectivity index (χ0) is 13.7. The molecule has 1 heterocycles. The molecule has 2 fully saturated rings. The van der Waals surface area contributed by atoms with Gasteiger partial charge < -0.3 is 14.9 Å². The number of hydrogen-bond acceptors (Lipinski definition) is 2. The number of carboxylic acid groups (broad SMARTS) is 1. The van der Waals surface area contributed by atoms with Crippen LogP contribution in [0.3, 0.4) is 0 Å². The van der Waals surface area contributed by atoms with Gasteiger partial charge in [-0.15, -0.1) is 0 Å². The molecule has 0 atom stereocenters. The number of aliphatic carboxylic acids is 1. The fraction of sp³-hybridized carbons (Fsp3) is 0.857. The van der Waals surface area contributed by atoms with Crippen LogP contribution in [-0.2, 0) is 4.79 Å². The molecule has 1 saturated carbocycles. The predicted molar refractivity (Wildman–Crippen MR) is 72.0 cm³/mol. The molecule has 0 spiro atoms. The Bertz CT molecular complexity index is 319. The van der Waals surface area contributed by atoms with Gasteiger partial charge in [0.1, 0.15) is 6.54 Å². The van der Waals surface area contributed by atoms with Crippen LogP contribution in [0.15, 0.2) is 0 Å². The number of carboxylic acids is 1. The van der Waals surface area contributed by atoms with Crippen molar-refractivity contribution in [1.29, 1.82) is 0 Å². The molecular formula is C14H24N2O3. The highest BCUT2D eigenvalue weighted by molar-refractivity contribution is 5.80. The fourth-order valence-corrected chi connectivity index (χ4v) is 3.16. The molecule has 2 rings (SSSR count). The zero-order valence-corrected chi connectivity index (χ0v) is 11.5. The molecule has 0 aromatic carbocycles. The maximum absolute atomic E-state index is 12.6. The molecule has 0 aromatic heterocycles. The minimum absolute atomic E-state index is 0.0591. The van der Waals surface area contributed by atoms with Gasteiger partial charge in [-0.2, -0.15) is 0 Å². The van der Waals surface area contributed by atoms with Crippen LogP contribution in [0.4, 0.5) is 4.79 Å². The van der Waals surface area contributed by atoms with Crippen LogP contribution in [0.5, 0.6) is 0 Å². The first kappa shape index (κ1) is 14.2. The van der Waals surface area contributed by atoms with Gasteiger partial charge >= 0.3 is 12.0 Å². The second-order valence-corrected chi connectivity index (χ2v) is 5.64. The van der Waals surface area contributed by atoms with Gasteiger partial charge in [0.2, 0.25) is 0 Å². The summed E-state index contributed by atoms with van der Waals surface area (Å²) in [6.07, 6.45) is 8.54. The van der Waals surface area contributed by atoms with E-state index >= 15 is 0 Å². The molecular weight excluding hydrogens is 244 g/mol. The minimum Gasteiger partial charge on any atom is -0.480 e. The molecule has 0 unspecified atom stereocenters. The summed E-state index contributed by atoms with van der Waals surface area (Å²) >= 11 is 0.